The number of rotatable bonds is 4. The molecule has 10 heteroatoms. The molecule has 0 fully saturated rings. The molecule has 3 rings (SSSR count). The van der Waals surface area contributed by atoms with Gasteiger partial charge in [0.25, 0.3) is 5.91 Å². The Hall–Kier alpha value is -2.65. The average molecular weight is 428 g/mol. The van der Waals surface area contributed by atoms with Gasteiger partial charge in [0, 0.05) is 32.7 Å². The highest BCUT2D eigenvalue weighted by Gasteiger charge is 2.40. The quantitative estimate of drug-likeness (QED) is 0.665. The van der Waals surface area contributed by atoms with Gasteiger partial charge in [0.1, 0.15) is 0 Å². The SMILES string of the molecule is CS(=O)c1cccc(NC(=O)c2cnn(-c3ccc(Cl)cc3)c2C(F)(F)F)c1. The number of benzene rings is 2. The monoisotopic (exact) mass is 427 g/mol. The van der Waals surface area contributed by atoms with Gasteiger partial charge in [-0.1, -0.05) is 17.7 Å². The molecule has 28 heavy (non-hydrogen) atoms. The van der Waals surface area contributed by atoms with Crippen LogP contribution in [0.15, 0.2) is 59.6 Å². The van der Waals surface area contributed by atoms with Crippen LogP contribution in [-0.4, -0.2) is 26.2 Å². The first-order chi connectivity index (χ1) is 13.2. The van der Waals surface area contributed by atoms with Gasteiger partial charge in [0.05, 0.1) is 17.4 Å². The summed E-state index contributed by atoms with van der Waals surface area (Å²) in [7, 11) is -1.30. The van der Waals surface area contributed by atoms with Gasteiger partial charge in [-0.15, -0.1) is 0 Å². The first kappa shape index (κ1) is 20.1. The molecule has 5 nitrogen and oxygen atoms in total. The smallest absolute Gasteiger partial charge is 0.322 e. The van der Waals surface area contributed by atoms with E-state index in [1.807, 2.05) is 0 Å². The third-order valence-electron chi connectivity index (χ3n) is 3.78. The van der Waals surface area contributed by atoms with Crippen LogP contribution in [0.25, 0.3) is 5.69 Å². The van der Waals surface area contributed by atoms with E-state index in [1.165, 1.54) is 42.7 Å². The lowest BCUT2D eigenvalue weighted by Gasteiger charge is -2.13. The van der Waals surface area contributed by atoms with E-state index in [2.05, 4.69) is 10.4 Å². The van der Waals surface area contributed by atoms with Crippen LogP contribution in [0.2, 0.25) is 5.02 Å². The number of aromatic nitrogens is 2. The molecule has 0 aliphatic rings. The summed E-state index contributed by atoms with van der Waals surface area (Å²) in [4.78, 5) is 12.9. The molecule has 3 aromatic rings. The molecule has 0 aliphatic carbocycles. The number of nitrogens with zero attached hydrogens (tertiary/aromatic N) is 2. The van der Waals surface area contributed by atoms with E-state index in [1.54, 1.807) is 12.1 Å². The largest absolute Gasteiger partial charge is 0.434 e. The molecule has 1 aromatic heterocycles. The van der Waals surface area contributed by atoms with Crippen molar-refractivity contribution in [1.82, 2.24) is 9.78 Å². The number of hydrogen-bond donors (Lipinski definition) is 1. The number of alkyl halides is 3. The van der Waals surface area contributed by atoms with Gasteiger partial charge < -0.3 is 5.32 Å². The summed E-state index contributed by atoms with van der Waals surface area (Å²) < 4.78 is 53.2. The number of nitrogens with one attached hydrogen (secondary N) is 1. The number of amides is 1. The highest BCUT2D eigenvalue weighted by Crippen LogP contribution is 2.34. The second-order valence-electron chi connectivity index (χ2n) is 5.73. The zero-order chi connectivity index (χ0) is 20.5. The lowest BCUT2D eigenvalue weighted by molar-refractivity contribution is -0.143. The van der Waals surface area contributed by atoms with Gasteiger partial charge in [-0.05, 0) is 42.5 Å². The van der Waals surface area contributed by atoms with Gasteiger partial charge in [-0.3, -0.25) is 9.00 Å². The van der Waals surface area contributed by atoms with Crippen LogP contribution in [0.1, 0.15) is 16.1 Å². The van der Waals surface area contributed by atoms with Crippen LogP contribution in [0.3, 0.4) is 0 Å². The summed E-state index contributed by atoms with van der Waals surface area (Å²) in [5, 5.41) is 6.48. The second kappa shape index (κ2) is 7.76. The zero-order valence-electron chi connectivity index (χ0n) is 14.3. The van der Waals surface area contributed by atoms with Crippen LogP contribution in [0, 0.1) is 0 Å². The topological polar surface area (TPSA) is 64.0 Å². The highest BCUT2D eigenvalue weighted by atomic mass is 35.5. The molecule has 1 amide bonds. The van der Waals surface area contributed by atoms with Crippen molar-refractivity contribution in [1.29, 1.82) is 0 Å². The van der Waals surface area contributed by atoms with Crippen molar-refractivity contribution in [2.45, 2.75) is 11.1 Å². The predicted octanol–water partition coefficient (Wildman–Crippen LogP) is 4.53. The van der Waals surface area contributed by atoms with E-state index in [0.29, 0.717) is 14.6 Å². The Bertz CT molecular complexity index is 1050. The summed E-state index contributed by atoms with van der Waals surface area (Å²) in [5.74, 6) is -0.980. The Balaban J connectivity index is 2.00. The minimum Gasteiger partial charge on any atom is -0.322 e. The normalized spacial score (nSPS) is 12.6. The Morgan fingerprint density at radius 2 is 1.86 bits per heavy atom. The van der Waals surface area contributed by atoms with Crippen LogP contribution in [-0.2, 0) is 17.0 Å². The summed E-state index contributed by atoms with van der Waals surface area (Å²) >= 11 is 5.77. The molecular formula is C18H13ClF3N3O2S. The fourth-order valence-electron chi connectivity index (χ4n) is 2.52. The summed E-state index contributed by atoms with van der Waals surface area (Å²) in [6.45, 7) is 0. The van der Waals surface area contributed by atoms with E-state index in [9.17, 15) is 22.2 Å². The molecule has 0 radical (unpaired) electrons. The van der Waals surface area contributed by atoms with Crippen molar-refractivity contribution in [3.8, 4) is 5.69 Å². The van der Waals surface area contributed by atoms with Crippen LogP contribution < -0.4 is 5.32 Å². The molecular weight excluding hydrogens is 415 g/mol. The number of carbonyl (C=O) groups excluding carboxylic acids is 1. The molecule has 1 heterocycles. The Morgan fingerprint density at radius 1 is 1.18 bits per heavy atom. The van der Waals surface area contributed by atoms with E-state index in [-0.39, 0.29) is 11.4 Å². The zero-order valence-corrected chi connectivity index (χ0v) is 15.9. The lowest BCUT2D eigenvalue weighted by atomic mass is 10.2. The van der Waals surface area contributed by atoms with Crippen molar-refractivity contribution in [2.75, 3.05) is 11.6 Å². The molecule has 146 valence electrons. The van der Waals surface area contributed by atoms with E-state index < -0.39 is 34.1 Å². The maximum atomic E-state index is 13.7. The van der Waals surface area contributed by atoms with E-state index in [0.717, 1.165) is 6.20 Å². The Labute approximate surface area is 165 Å². The minimum absolute atomic E-state index is 0.110. The standard InChI is InChI=1S/C18H13ClF3N3O2S/c1-28(27)14-4-2-3-12(9-14)24-17(26)15-10-23-25(16(15)18(20,21)22)13-7-5-11(19)6-8-13/h2-10H,1H3,(H,24,26). The first-order valence-electron chi connectivity index (χ1n) is 7.83. The molecule has 0 spiro atoms. The van der Waals surface area contributed by atoms with Crippen LogP contribution in [0.5, 0.6) is 0 Å². The molecule has 0 saturated heterocycles. The molecule has 1 atom stereocenters. The van der Waals surface area contributed by atoms with Crippen molar-refractivity contribution >= 4 is 34.0 Å². The Kier molecular flexibility index (Phi) is 5.57. The third kappa shape index (κ3) is 4.26. The fourth-order valence-corrected chi connectivity index (χ4v) is 3.21. The van der Waals surface area contributed by atoms with Gasteiger partial charge in [0.2, 0.25) is 0 Å². The maximum absolute atomic E-state index is 13.7. The average Bonchev–Trinajstić information content (AvgIpc) is 3.08. The van der Waals surface area contributed by atoms with Crippen molar-refractivity contribution < 1.29 is 22.2 Å². The Morgan fingerprint density at radius 3 is 2.46 bits per heavy atom. The maximum Gasteiger partial charge on any atom is 0.434 e. The number of anilines is 1. The summed E-state index contributed by atoms with van der Waals surface area (Å²) in [5.41, 5.74) is -1.50. The van der Waals surface area contributed by atoms with Crippen LogP contribution in [0.4, 0.5) is 18.9 Å². The molecule has 0 aliphatic heterocycles. The fraction of sp³-hybridized carbons (Fsp3) is 0.111. The first-order valence-corrected chi connectivity index (χ1v) is 9.76. The van der Waals surface area contributed by atoms with E-state index in [4.69, 9.17) is 11.6 Å². The molecule has 1 N–H and O–H groups in total. The second-order valence-corrected chi connectivity index (χ2v) is 7.54. The number of halogens is 4. The summed E-state index contributed by atoms with van der Waals surface area (Å²) in [6, 6.07) is 11.7. The predicted molar refractivity (Wildman–Crippen MR) is 100 cm³/mol. The minimum atomic E-state index is -4.82. The van der Waals surface area contributed by atoms with Crippen molar-refractivity contribution in [3.05, 3.63) is 71.0 Å². The van der Waals surface area contributed by atoms with Gasteiger partial charge in [0.15, 0.2) is 5.69 Å². The van der Waals surface area contributed by atoms with Gasteiger partial charge in [-0.25, -0.2) is 4.68 Å². The molecule has 0 saturated carbocycles. The van der Waals surface area contributed by atoms with Crippen molar-refractivity contribution in [3.63, 3.8) is 0 Å². The van der Waals surface area contributed by atoms with Crippen LogP contribution >= 0.6 is 11.6 Å². The number of carbonyl (C=O) groups is 1. The highest BCUT2D eigenvalue weighted by molar-refractivity contribution is 7.84. The summed E-state index contributed by atoms with van der Waals surface area (Å²) in [6.07, 6.45) is -2.51. The molecule has 1 unspecified atom stereocenters. The van der Waals surface area contributed by atoms with Gasteiger partial charge >= 0.3 is 6.18 Å². The van der Waals surface area contributed by atoms with Crippen molar-refractivity contribution in [2.24, 2.45) is 0 Å². The third-order valence-corrected chi connectivity index (χ3v) is 4.95. The number of hydrogen-bond acceptors (Lipinski definition) is 3. The van der Waals surface area contributed by atoms with E-state index >= 15 is 0 Å². The molecule has 2 aromatic carbocycles. The van der Waals surface area contributed by atoms with Gasteiger partial charge in [-0.2, -0.15) is 18.3 Å². The lowest BCUT2D eigenvalue weighted by Crippen LogP contribution is -2.20. The molecule has 0 bridgehead atoms.